The highest BCUT2D eigenvalue weighted by Gasteiger charge is 2.28. The van der Waals surface area contributed by atoms with E-state index in [-0.39, 0.29) is 17.9 Å². The Morgan fingerprint density at radius 2 is 2.00 bits per heavy atom. The van der Waals surface area contributed by atoms with Crippen molar-refractivity contribution in [3.63, 3.8) is 0 Å². The lowest BCUT2D eigenvalue weighted by atomic mass is 10.1. The fourth-order valence-corrected chi connectivity index (χ4v) is 3.73. The van der Waals surface area contributed by atoms with Gasteiger partial charge >= 0.3 is 0 Å². The van der Waals surface area contributed by atoms with Gasteiger partial charge in [-0.1, -0.05) is 29.8 Å². The van der Waals surface area contributed by atoms with Gasteiger partial charge in [0.25, 0.3) is 0 Å². The largest absolute Gasteiger partial charge is 0.328 e. The fraction of sp³-hybridized carbons (Fsp3) is 0.412. The third kappa shape index (κ3) is 3.20. The van der Waals surface area contributed by atoms with Gasteiger partial charge < -0.3 is 11.1 Å². The average Bonchev–Trinajstić information content (AvgIpc) is 3.06. The number of aromatic nitrogens is 1. The van der Waals surface area contributed by atoms with E-state index in [0.717, 1.165) is 35.4 Å². The number of nitrogens with one attached hydrogen (secondary N) is 1. The third-order valence-electron chi connectivity index (χ3n) is 4.20. The molecule has 0 bridgehead atoms. The predicted octanol–water partition coefficient (Wildman–Crippen LogP) is 3.49. The summed E-state index contributed by atoms with van der Waals surface area (Å²) in [5.74, 6) is 0.0826. The maximum absolute atomic E-state index is 12.3. The molecule has 1 aromatic carbocycles. The van der Waals surface area contributed by atoms with Gasteiger partial charge in [0.1, 0.15) is 0 Å². The van der Waals surface area contributed by atoms with Crippen molar-refractivity contribution in [2.24, 2.45) is 11.7 Å². The molecule has 1 saturated carbocycles. The Morgan fingerprint density at radius 3 is 2.64 bits per heavy atom. The van der Waals surface area contributed by atoms with E-state index in [1.807, 2.05) is 6.92 Å². The molecular formula is C17H21N3OS. The van der Waals surface area contributed by atoms with Crippen LogP contribution in [-0.2, 0) is 4.79 Å². The number of rotatable bonds is 3. The minimum absolute atomic E-state index is 0.0297. The molecule has 3 rings (SSSR count). The fourth-order valence-electron chi connectivity index (χ4n) is 2.89. The molecule has 2 unspecified atom stereocenters. The summed E-state index contributed by atoms with van der Waals surface area (Å²) < 4.78 is 0. The number of hydrogen-bond donors (Lipinski definition) is 2. The first-order valence-electron chi connectivity index (χ1n) is 7.64. The molecule has 22 heavy (non-hydrogen) atoms. The lowest BCUT2D eigenvalue weighted by molar-refractivity contribution is -0.119. The molecule has 2 aromatic rings. The van der Waals surface area contributed by atoms with Crippen molar-refractivity contribution in [2.75, 3.05) is 5.32 Å². The van der Waals surface area contributed by atoms with E-state index in [4.69, 9.17) is 5.73 Å². The molecule has 1 heterocycles. The summed E-state index contributed by atoms with van der Waals surface area (Å²) in [4.78, 5) is 18.0. The minimum Gasteiger partial charge on any atom is -0.328 e. The number of carbonyl (C=O) groups excluding carboxylic acids is 1. The number of thiazole rings is 1. The van der Waals surface area contributed by atoms with Crippen LogP contribution in [0.2, 0.25) is 0 Å². The first-order chi connectivity index (χ1) is 10.5. The molecule has 5 heteroatoms. The Labute approximate surface area is 134 Å². The number of nitrogens with zero attached hydrogens (tertiary/aromatic N) is 1. The van der Waals surface area contributed by atoms with Crippen LogP contribution in [0.15, 0.2) is 24.3 Å². The molecule has 1 amide bonds. The van der Waals surface area contributed by atoms with Gasteiger partial charge in [-0.05, 0) is 33.1 Å². The number of carbonyl (C=O) groups is 1. The quantitative estimate of drug-likeness (QED) is 0.911. The average molecular weight is 315 g/mol. The van der Waals surface area contributed by atoms with Gasteiger partial charge in [0.2, 0.25) is 5.91 Å². The normalized spacial score (nSPS) is 21.0. The summed E-state index contributed by atoms with van der Waals surface area (Å²) >= 11 is 1.53. The minimum atomic E-state index is 0.0297. The second kappa shape index (κ2) is 6.18. The van der Waals surface area contributed by atoms with Crippen LogP contribution in [0.4, 0.5) is 5.13 Å². The Hall–Kier alpha value is -1.72. The van der Waals surface area contributed by atoms with Crippen molar-refractivity contribution in [1.82, 2.24) is 4.98 Å². The molecule has 1 fully saturated rings. The van der Waals surface area contributed by atoms with E-state index in [2.05, 4.69) is 41.5 Å². The van der Waals surface area contributed by atoms with E-state index >= 15 is 0 Å². The molecule has 4 nitrogen and oxygen atoms in total. The van der Waals surface area contributed by atoms with E-state index in [9.17, 15) is 4.79 Å². The summed E-state index contributed by atoms with van der Waals surface area (Å²) in [5, 5.41) is 3.64. The number of hydrogen-bond acceptors (Lipinski definition) is 4. The monoisotopic (exact) mass is 315 g/mol. The Bertz CT molecular complexity index is 678. The zero-order valence-electron chi connectivity index (χ0n) is 12.9. The maximum atomic E-state index is 12.3. The van der Waals surface area contributed by atoms with Crippen LogP contribution in [0.25, 0.3) is 11.3 Å². The summed E-state index contributed by atoms with van der Waals surface area (Å²) in [6.07, 6.45) is 2.59. The summed E-state index contributed by atoms with van der Waals surface area (Å²) in [5.41, 5.74) is 9.14. The van der Waals surface area contributed by atoms with Crippen molar-refractivity contribution in [1.29, 1.82) is 0 Å². The smallest absolute Gasteiger partial charge is 0.229 e. The number of benzene rings is 1. The van der Waals surface area contributed by atoms with Gasteiger partial charge in [-0.25, -0.2) is 4.98 Å². The van der Waals surface area contributed by atoms with Crippen LogP contribution in [0.3, 0.4) is 0 Å². The lowest BCUT2D eigenvalue weighted by Gasteiger charge is -2.08. The highest BCUT2D eigenvalue weighted by Crippen LogP contribution is 2.32. The van der Waals surface area contributed by atoms with Gasteiger partial charge in [0, 0.05) is 22.4 Å². The second-order valence-electron chi connectivity index (χ2n) is 6.05. The van der Waals surface area contributed by atoms with Crippen LogP contribution in [0.5, 0.6) is 0 Å². The Morgan fingerprint density at radius 1 is 1.27 bits per heavy atom. The number of aryl methyl sites for hydroxylation is 2. The van der Waals surface area contributed by atoms with Gasteiger partial charge in [0.05, 0.1) is 5.69 Å². The molecule has 0 spiro atoms. The molecule has 1 aromatic heterocycles. The third-order valence-corrected chi connectivity index (χ3v) is 5.08. The molecule has 1 aliphatic rings. The molecular weight excluding hydrogens is 294 g/mol. The molecule has 1 aliphatic carbocycles. The molecule has 3 N–H and O–H groups in total. The van der Waals surface area contributed by atoms with Crippen LogP contribution in [0.1, 0.15) is 29.7 Å². The molecule has 0 radical (unpaired) electrons. The molecule has 116 valence electrons. The number of anilines is 1. The zero-order chi connectivity index (χ0) is 15.7. The van der Waals surface area contributed by atoms with Gasteiger partial charge in [-0.15, -0.1) is 11.3 Å². The topological polar surface area (TPSA) is 68.0 Å². The summed E-state index contributed by atoms with van der Waals surface area (Å²) in [6.45, 7) is 4.10. The Balaban J connectivity index is 1.75. The number of nitrogens with two attached hydrogens (primary N) is 1. The van der Waals surface area contributed by atoms with Crippen LogP contribution >= 0.6 is 11.3 Å². The standard InChI is InChI=1S/C17H21N3OS/c1-10-3-5-12(6-4-10)15-11(2)22-17(19-15)20-16(21)13-7-8-14(18)9-13/h3-6,13-14H,7-9,18H2,1-2H3,(H,19,20,21). The van der Waals surface area contributed by atoms with E-state index < -0.39 is 0 Å². The van der Waals surface area contributed by atoms with Gasteiger partial charge in [0.15, 0.2) is 5.13 Å². The van der Waals surface area contributed by atoms with Gasteiger partial charge in [-0.2, -0.15) is 0 Å². The van der Waals surface area contributed by atoms with E-state index in [0.29, 0.717) is 5.13 Å². The molecule has 0 saturated heterocycles. The first kappa shape index (κ1) is 15.2. The van der Waals surface area contributed by atoms with Crippen LogP contribution in [-0.4, -0.2) is 16.9 Å². The van der Waals surface area contributed by atoms with Gasteiger partial charge in [-0.3, -0.25) is 4.79 Å². The second-order valence-corrected chi connectivity index (χ2v) is 7.25. The van der Waals surface area contributed by atoms with E-state index in [1.165, 1.54) is 16.9 Å². The summed E-state index contributed by atoms with van der Waals surface area (Å²) in [7, 11) is 0. The number of amides is 1. The summed E-state index contributed by atoms with van der Waals surface area (Å²) in [6, 6.07) is 8.45. The molecule has 0 aliphatic heterocycles. The van der Waals surface area contributed by atoms with Crippen molar-refractivity contribution >= 4 is 22.4 Å². The van der Waals surface area contributed by atoms with Crippen molar-refractivity contribution < 1.29 is 4.79 Å². The maximum Gasteiger partial charge on any atom is 0.229 e. The molecule has 2 atom stereocenters. The highest BCUT2D eigenvalue weighted by molar-refractivity contribution is 7.16. The van der Waals surface area contributed by atoms with Crippen LogP contribution < -0.4 is 11.1 Å². The SMILES string of the molecule is Cc1ccc(-c2nc(NC(=O)C3CCC(N)C3)sc2C)cc1. The highest BCUT2D eigenvalue weighted by atomic mass is 32.1. The Kier molecular flexibility index (Phi) is 4.27. The van der Waals surface area contributed by atoms with Crippen LogP contribution in [0, 0.1) is 19.8 Å². The van der Waals surface area contributed by atoms with E-state index in [1.54, 1.807) is 0 Å². The zero-order valence-corrected chi connectivity index (χ0v) is 13.7. The van der Waals surface area contributed by atoms with Crippen molar-refractivity contribution in [3.05, 3.63) is 34.7 Å². The van der Waals surface area contributed by atoms with Crippen molar-refractivity contribution in [2.45, 2.75) is 39.2 Å². The predicted molar refractivity (Wildman–Crippen MR) is 91.0 cm³/mol. The van der Waals surface area contributed by atoms with Crippen molar-refractivity contribution in [3.8, 4) is 11.3 Å². The lowest BCUT2D eigenvalue weighted by Crippen LogP contribution is -2.23. The first-order valence-corrected chi connectivity index (χ1v) is 8.45.